The predicted molar refractivity (Wildman–Crippen MR) is 126 cm³/mol. The molecular formula is C26H31N3O4. The first-order chi connectivity index (χ1) is 15.8. The van der Waals surface area contributed by atoms with E-state index in [-0.39, 0.29) is 36.8 Å². The van der Waals surface area contributed by atoms with Crippen LogP contribution in [0.25, 0.3) is 5.70 Å². The standard InChI is InChI=1S/C26H31N3O4/c1-18(2)25-26(33)29(23(15-28(25)19(3)31)21-12-8-5-9-13-21)16-24(32)27-22(17-30)14-20-10-6-4-7-11-20/h4-13,15,18,22,25,30H,14,16-17H2,1-3H3,(H,27,32). The number of nitrogens with one attached hydrogen (secondary N) is 1. The molecule has 2 unspecified atom stereocenters. The van der Waals surface area contributed by atoms with Crippen LogP contribution < -0.4 is 5.32 Å². The highest BCUT2D eigenvalue weighted by Gasteiger charge is 2.40. The Balaban J connectivity index is 1.86. The van der Waals surface area contributed by atoms with Gasteiger partial charge in [0.1, 0.15) is 12.6 Å². The van der Waals surface area contributed by atoms with Crippen molar-refractivity contribution in [2.45, 2.75) is 39.3 Å². The number of nitrogens with zero attached hydrogens (tertiary/aromatic N) is 2. The maximum absolute atomic E-state index is 13.5. The first-order valence-electron chi connectivity index (χ1n) is 11.1. The fourth-order valence-corrected chi connectivity index (χ4v) is 4.05. The molecule has 0 saturated carbocycles. The number of carbonyl (C=O) groups is 3. The zero-order chi connectivity index (χ0) is 24.0. The highest BCUT2D eigenvalue weighted by atomic mass is 16.3. The fourth-order valence-electron chi connectivity index (χ4n) is 4.05. The van der Waals surface area contributed by atoms with Crippen LogP contribution in [-0.2, 0) is 20.8 Å². The minimum Gasteiger partial charge on any atom is -0.394 e. The van der Waals surface area contributed by atoms with Crippen molar-refractivity contribution in [2.75, 3.05) is 13.2 Å². The average Bonchev–Trinajstić information content (AvgIpc) is 2.80. The van der Waals surface area contributed by atoms with Gasteiger partial charge in [-0.1, -0.05) is 74.5 Å². The zero-order valence-corrected chi connectivity index (χ0v) is 19.3. The second kappa shape index (κ2) is 10.9. The third-order valence-corrected chi connectivity index (χ3v) is 5.65. The number of benzene rings is 2. The second-order valence-corrected chi connectivity index (χ2v) is 8.56. The smallest absolute Gasteiger partial charge is 0.250 e. The van der Waals surface area contributed by atoms with Crippen LogP contribution in [0.5, 0.6) is 0 Å². The molecule has 33 heavy (non-hydrogen) atoms. The molecule has 0 bridgehead atoms. The van der Waals surface area contributed by atoms with Gasteiger partial charge in [0.15, 0.2) is 0 Å². The Morgan fingerprint density at radius 2 is 1.64 bits per heavy atom. The zero-order valence-electron chi connectivity index (χ0n) is 19.3. The summed E-state index contributed by atoms with van der Waals surface area (Å²) in [6.45, 7) is 4.75. The van der Waals surface area contributed by atoms with E-state index >= 15 is 0 Å². The number of hydrogen-bond acceptors (Lipinski definition) is 4. The van der Waals surface area contributed by atoms with Crippen molar-refractivity contribution in [3.05, 3.63) is 78.0 Å². The summed E-state index contributed by atoms with van der Waals surface area (Å²) >= 11 is 0. The van der Waals surface area contributed by atoms with Crippen molar-refractivity contribution < 1.29 is 19.5 Å². The minimum absolute atomic E-state index is 0.135. The summed E-state index contributed by atoms with van der Waals surface area (Å²) in [5.74, 6) is -1.05. The summed E-state index contributed by atoms with van der Waals surface area (Å²) in [7, 11) is 0. The summed E-state index contributed by atoms with van der Waals surface area (Å²) in [5.41, 5.74) is 2.22. The van der Waals surface area contributed by atoms with Crippen LogP contribution in [0.1, 0.15) is 31.9 Å². The molecule has 0 saturated heterocycles. The van der Waals surface area contributed by atoms with Crippen molar-refractivity contribution in [2.24, 2.45) is 5.92 Å². The van der Waals surface area contributed by atoms with Gasteiger partial charge in [0, 0.05) is 13.1 Å². The minimum atomic E-state index is -0.694. The van der Waals surface area contributed by atoms with Gasteiger partial charge in [0.2, 0.25) is 11.8 Å². The molecule has 1 aliphatic heterocycles. The van der Waals surface area contributed by atoms with Crippen molar-refractivity contribution in [3.63, 3.8) is 0 Å². The van der Waals surface area contributed by atoms with Gasteiger partial charge >= 0.3 is 0 Å². The van der Waals surface area contributed by atoms with Crippen molar-refractivity contribution in [3.8, 4) is 0 Å². The molecule has 2 atom stereocenters. The molecule has 0 aliphatic carbocycles. The molecule has 2 aromatic carbocycles. The lowest BCUT2D eigenvalue weighted by molar-refractivity contribution is -0.144. The Kier molecular flexibility index (Phi) is 8.01. The number of rotatable bonds is 8. The molecule has 0 radical (unpaired) electrons. The Bertz CT molecular complexity index is 1000. The van der Waals surface area contributed by atoms with E-state index in [1.165, 1.54) is 16.7 Å². The van der Waals surface area contributed by atoms with E-state index in [1.54, 1.807) is 6.20 Å². The molecule has 1 heterocycles. The Morgan fingerprint density at radius 3 is 2.18 bits per heavy atom. The lowest BCUT2D eigenvalue weighted by Gasteiger charge is -2.40. The Morgan fingerprint density at radius 1 is 1.03 bits per heavy atom. The normalized spacial score (nSPS) is 17.1. The third kappa shape index (κ3) is 5.87. The molecule has 0 aromatic heterocycles. The van der Waals surface area contributed by atoms with Crippen LogP contribution >= 0.6 is 0 Å². The molecule has 174 valence electrons. The van der Waals surface area contributed by atoms with Gasteiger partial charge in [-0.25, -0.2) is 0 Å². The van der Waals surface area contributed by atoms with Gasteiger partial charge in [-0.2, -0.15) is 0 Å². The van der Waals surface area contributed by atoms with Gasteiger partial charge in [-0.3, -0.25) is 19.3 Å². The van der Waals surface area contributed by atoms with Gasteiger partial charge < -0.3 is 15.3 Å². The van der Waals surface area contributed by atoms with Crippen molar-refractivity contribution in [1.82, 2.24) is 15.1 Å². The summed E-state index contributed by atoms with van der Waals surface area (Å²) in [6, 6.07) is 17.6. The van der Waals surface area contributed by atoms with Gasteiger partial charge in [0.25, 0.3) is 5.91 Å². The predicted octanol–water partition coefficient (Wildman–Crippen LogP) is 2.42. The molecule has 1 aliphatic rings. The fraction of sp³-hybridized carbons (Fsp3) is 0.346. The monoisotopic (exact) mass is 449 g/mol. The van der Waals surface area contributed by atoms with E-state index in [0.29, 0.717) is 12.1 Å². The number of amides is 3. The van der Waals surface area contributed by atoms with Gasteiger partial charge in [-0.05, 0) is 23.5 Å². The topological polar surface area (TPSA) is 90.0 Å². The Labute approximate surface area is 194 Å². The van der Waals surface area contributed by atoms with E-state index in [2.05, 4.69) is 5.32 Å². The van der Waals surface area contributed by atoms with Crippen molar-refractivity contribution >= 4 is 23.4 Å². The Hall–Kier alpha value is -3.45. The average molecular weight is 450 g/mol. The molecular weight excluding hydrogens is 418 g/mol. The van der Waals surface area contributed by atoms with E-state index < -0.39 is 12.1 Å². The molecule has 2 aromatic rings. The molecule has 0 spiro atoms. The second-order valence-electron chi connectivity index (χ2n) is 8.56. The highest BCUT2D eigenvalue weighted by Crippen LogP contribution is 2.29. The summed E-state index contributed by atoms with van der Waals surface area (Å²) < 4.78 is 0. The summed E-state index contributed by atoms with van der Waals surface area (Å²) in [6.07, 6.45) is 2.13. The van der Waals surface area contributed by atoms with E-state index in [4.69, 9.17) is 0 Å². The largest absolute Gasteiger partial charge is 0.394 e. The number of aliphatic hydroxyl groups excluding tert-OH is 1. The maximum atomic E-state index is 13.5. The molecule has 2 N–H and O–H groups in total. The lowest BCUT2D eigenvalue weighted by atomic mass is 9.97. The SMILES string of the molecule is CC(=O)N1C=C(c2ccccc2)N(CC(=O)NC(CO)Cc2ccccc2)C(=O)C1C(C)C. The summed E-state index contributed by atoms with van der Waals surface area (Å²) in [5, 5.41) is 12.6. The third-order valence-electron chi connectivity index (χ3n) is 5.65. The van der Waals surface area contributed by atoms with Crippen LogP contribution in [0.4, 0.5) is 0 Å². The molecule has 0 fully saturated rings. The van der Waals surface area contributed by atoms with Gasteiger partial charge in [0.05, 0.1) is 18.3 Å². The molecule has 3 amide bonds. The van der Waals surface area contributed by atoms with Crippen LogP contribution in [-0.4, -0.2) is 57.9 Å². The molecule has 7 nitrogen and oxygen atoms in total. The number of aliphatic hydroxyl groups is 1. The van der Waals surface area contributed by atoms with E-state index in [1.807, 2.05) is 74.5 Å². The number of hydrogen-bond donors (Lipinski definition) is 2. The quantitative estimate of drug-likeness (QED) is 0.648. The van der Waals surface area contributed by atoms with Gasteiger partial charge in [-0.15, -0.1) is 0 Å². The van der Waals surface area contributed by atoms with Crippen LogP contribution in [0, 0.1) is 5.92 Å². The van der Waals surface area contributed by atoms with Crippen LogP contribution in [0.3, 0.4) is 0 Å². The maximum Gasteiger partial charge on any atom is 0.250 e. The lowest BCUT2D eigenvalue weighted by Crippen LogP contribution is -2.56. The van der Waals surface area contributed by atoms with E-state index in [9.17, 15) is 19.5 Å². The first kappa shape index (κ1) is 24.2. The van der Waals surface area contributed by atoms with Crippen molar-refractivity contribution in [1.29, 1.82) is 0 Å². The first-order valence-corrected chi connectivity index (χ1v) is 11.1. The van der Waals surface area contributed by atoms with E-state index in [0.717, 1.165) is 11.1 Å². The van der Waals surface area contributed by atoms with Crippen LogP contribution in [0.15, 0.2) is 66.9 Å². The van der Waals surface area contributed by atoms with Crippen LogP contribution in [0.2, 0.25) is 0 Å². The highest BCUT2D eigenvalue weighted by molar-refractivity contribution is 5.99. The molecule has 3 rings (SSSR count). The summed E-state index contributed by atoms with van der Waals surface area (Å²) in [4.78, 5) is 41.7. The molecule has 7 heteroatoms. The number of carbonyl (C=O) groups excluding carboxylic acids is 3.